The molecule has 2 N–H and O–H groups in total. The number of methoxy groups -OCH3 is 1. The second-order valence-corrected chi connectivity index (χ2v) is 10.2. The first kappa shape index (κ1) is 29.0. The first-order valence-electron chi connectivity index (χ1n) is 11.7. The summed E-state index contributed by atoms with van der Waals surface area (Å²) in [5, 5.41) is 5.37. The van der Waals surface area contributed by atoms with Crippen molar-refractivity contribution in [3.63, 3.8) is 0 Å². The lowest BCUT2D eigenvalue weighted by Crippen LogP contribution is -2.34. The van der Waals surface area contributed by atoms with Crippen molar-refractivity contribution in [1.29, 1.82) is 0 Å². The third kappa shape index (κ3) is 7.61. The Kier molecular flexibility index (Phi) is 10.2. The number of thiophene rings is 1. The second-order valence-electron chi connectivity index (χ2n) is 9.17. The van der Waals surface area contributed by atoms with E-state index in [9.17, 15) is 23.6 Å². The van der Waals surface area contributed by atoms with Crippen molar-refractivity contribution in [3.8, 4) is 0 Å². The van der Waals surface area contributed by atoms with Crippen LogP contribution in [0.3, 0.4) is 0 Å². The number of alkyl carbamates (subject to hydrolysis) is 1. The SMILES string of the molecule is CCC(C(=O)c1sc(C(=O)NCCCNC(=O)OC(C)(C)C)c(C)c1C(=O)OC)c1ccc(F)cc1. The Hall–Kier alpha value is -3.27. The number of amides is 2. The summed E-state index contributed by atoms with van der Waals surface area (Å²) < 4.78 is 23.4. The molecule has 0 aliphatic heterocycles. The molecular formula is C26H33FN2O6S. The van der Waals surface area contributed by atoms with Crippen LogP contribution in [0.15, 0.2) is 24.3 Å². The van der Waals surface area contributed by atoms with Gasteiger partial charge in [0.05, 0.1) is 22.4 Å². The first-order valence-corrected chi connectivity index (χ1v) is 12.5. The number of carbonyl (C=O) groups is 4. The van der Waals surface area contributed by atoms with Crippen molar-refractivity contribution < 1.29 is 33.0 Å². The Morgan fingerprint density at radius 2 is 1.64 bits per heavy atom. The number of nitrogens with one attached hydrogen (secondary N) is 2. The highest BCUT2D eigenvalue weighted by molar-refractivity contribution is 7.16. The smallest absolute Gasteiger partial charge is 0.407 e. The van der Waals surface area contributed by atoms with E-state index in [1.54, 1.807) is 39.8 Å². The minimum Gasteiger partial charge on any atom is -0.465 e. The molecule has 2 rings (SSSR count). The fourth-order valence-electron chi connectivity index (χ4n) is 3.55. The van der Waals surface area contributed by atoms with E-state index >= 15 is 0 Å². The van der Waals surface area contributed by atoms with Gasteiger partial charge >= 0.3 is 12.1 Å². The average molecular weight is 521 g/mol. The summed E-state index contributed by atoms with van der Waals surface area (Å²) in [6.45, 7) is 9.27. The van der Waals surface area contributed by atoms with Gasteiger partial charge in [0.1, 0.15) is 11.4 Å². The van der Waals surface area contributed by atoms with Crippen LogP contribution >= 0.6 is 11.3 Å². The van der Waals surface area contributed by atoms with Crippen LogP contribution in [0.2, 0.25) is 0 Å². The van der Waals surface area contributed by atoms with Gasteiger partial charge in [-0.1, -0.05) is 19.1 Å². The van der Waals surface area contributed by atoms with E-state index in [1.165, 1.54) is 19.2 Å². The molecule has 1 atom stereocenters. The van der Waals surface area contributed by atoms with E-state index in [4.69, 9.17) is 9.47 Å². The van der Waals surface area contributed by atoms with Gasteiger partial charge in [0.2, 0.25) is 0 Å². The van der Waals surface area contributed by atoms with E-state index in [0.717, 1.165) is 11.3 Å². The van der Waals surface area contributed by atoms with Gasteiger partial charge in [-0.05, 0) is 63.8 Å². The topological polar surface area (TPSA) is 111 Å². The first-order chi connectivity index (χ1) is 16.9. The van der Waals surface area contributed by atoms with Gasteiger partial charge < -0.3 is 20.1 Å². The van der Waals surface area contributed by atoms with Crippen LogP contribution in [0.4, 0.5) is 9.18 Å². The zero-order chi connectivity index (χ0) is 27.0. The van der Waals surface area contributed by atoms with E-state index < -0.39 is 35.3 Å². The summed E-state index contributed by atoms with van der Waals surface area (Å²) in [5.41, 5.74) is 0.433. The number of Topliss-reactive ketones (excluding diaryl/α,β-unsaturated/α-hetero) is 1. The van der Waals surface area contributed by atoms with Crippen molar-refractivity contribution in [2.24, 2.45) is 0 Å². The predicted molar refractivity (Wildman–Crippen MR) is 135 cm³/mol. The van der Waals surface area contributed by atoms with E-state index in [1.807, 2.05) is 6.92 Å². The summed E-state index contributed by atoms with van der Waals surface area (Å²) >= 11 is 0.936. The van der Waals surface area contributed by atoms with Crippen LogP contribution in [0.1, 0.15) is 87.3 Å². The predicted octanol–water partition coefficient (Wildman–Crippen LogP) is 5.00. The van der Waals surface area contributed by atoms with Crippen molar-refractivity contribution in [3.05, 3.63) is 56.5 Å². The molecule has 0 fully saturated rings. The average Bonchev–Trinajstić information content (AvgIpc) is 3.15. The number of hydrogen-bond acceptors (Lipinski definition) is 7. The molecule has 2 aromatic rings. The highest BCUT2D eigenvalue weighted by Gasteiger charge is 2.32. The minimum atomic E-state index is -0.707. The van der Waals surface area contributed by atoms with Gasteiger partial charge in [-0.2, -0.15) is 0 Å². The molecule has 196 valence electrons. The number of hydrogen-bond donors (Lipinski definition) is 2. The molecule has 2 amide bonds. The van der Waals surface area contributed by atoms with Crippen molar-refractivity contribution >= 4 is 35.1 Å². The summed E-state index contributed by atoms with van der Waals surface area (Å²) in [6.07, 6.45) is 0.335. The van der Waals surface area contributed by atoms with Gasteiger partial charge in [-0.15, -0.1) is 11.3 Å². The maximum absolute atomic E-state index is 13.5. The molecule has 1 aromatic heterocycles. The van der Waals surface area contributed by atoms with Crippen molar-refractivity contribution in [2.75, 3.05) is 20.2 Å². The molecule has 1 unspecified atom stereocenters. The fourth-order valence-corrected chi connectivity index (χ4v) is 4.76. The minimum absolute atomic E-state index is 0.0600. The third-order valence-corrected chi connectivity index (χ3v) is 6.58. The Morgan fingerprint density at radius 3 is 2.19 bits per heavy atom. The van der Waals surface area contributed by atoms with E-state index in [-0.39, 0.29) is 27.6 Å². The molecule has 0 saturated heterocycles. The summed E-state index contributed by atoms with van der Waals surface area (Å²) in [7, 11) is 1.21. The summed E-state index contributed by atoms with van der Waals surface area (Å²) in [4.78, 5) is 51.0. The quantitative estimate of drug-likeness (QED) is 0.259. The Labute approximate surface area is 214 Å². The summed E-state index contributed by atoms with van der Waals surface area (Å²) in [6, 6.07) is 5.64. The zero-order valence-electron chi connectivity index (χ0n) is 21.5. The molecule has 10 heteroatoms. The maximum atomic E-state index is 13.5. The second kappa shape index (κ2) is 12.6. The Morgan fingerprint density at radius 1 is 1.03 bits per heavy atom. The number of carbonyl (C=O) groups excluding carboxylic acids is 4. The van der Waals surface area contributed by atoms with Crippen molar-refractivity contribution in [1.82, 2.24) is 10.6 Å². The van der Waals surface area contributed by atoms with Gasteiger partial charge in [0.25, 0.3) is 5.91 Å². The molecule has 1 aromatic carbocycles. The number of esters is 1. The maximum Gasteiger partial charge on any atom is 0.407 e. The Balaban J connectivity index is 2.16. The van der Waals surface area contributed by atoms with Gasteiger partial charge in [-0.25, -0.2) is 14.0 Å². The van der Waals surface area contributed by atoms with Gasteiger partial charge in [0, 0.05) is 19.0 Å². The van der Waals surface area contributed by atoms with Crippen LogP contribution in [0.5, 0.6) is 0 Å². The van der Waals surface area contributed by atoms with Crippen LogP contribution in [0, 0.1) is 12.7 Å². The molecule has 0 spiro atoms. The molecule has 0 radical (unpaired) electrons. The fraction of sp³-hybridized carbons (Fsp3) is 0.462. The normalized spacial score (nSPS) is 12.0. The standard InChI is InChI=1S/C26H33FN2O6S/c1-7-18(16-9-11-17(27)12-10-16)20(30)22-19(24(32)34-6)15(2)21(36-22)23(31)28-13-8-14-29-25(33)35-26(3,4)5/h9-12,18H,7-8,13-14H2,1-6H3,(H,28,31)(H,29,33). The highest BCUT2D eigenvalue weighted by Crippen LogP contribution is 2.34. The molecule has 36 heavy (non-hydrogen) atoms. The molecule has 0 aliphatic carbocycles. The lowest BCUT2D eigenvalue weighted by Gasteiger charge is -2.19. The van der Waals surface area contributed by atoms with Crippen LogP contribution in [-0.4, -0.2) is 49.6 Å². The number of rotatable bonds is 10. The van der Waals surface area contributed by atoms with Crippen LogP contribution in [0.25, 0.3) is 0 Å². The number of benzene rings is 1. The lowest BCUT2D eigenvalue weighted by atomic mass is 9.90. The van der Waals surface area contributed by atoms with Crippen molar-refractivity contribution in [2.45, 2.75) is 59.0 Å². The third-order valence-electron chi connectivity index (χ3n) is 5.27. The largest absolute Gasteiger partial charge is 0.465 e. The van der Waals surface area contributed by atoms with Crippen LogP contribution in [-0.2, 0) is 9.47 Å². The van der Waals surface area contributed by atoms with Gasteiger partial charge in [0.15, 0.2) is 5.78 Å². The van der Waals surface area contributed by atoms with E-state index in [0.29, 0.717) is 30.5 Å². The Bertz CT molecular complexity index is 1100. The number of ether oxygens (including phenoxy) is 2. The lowest BCUT2D eigenvalue weighted by molar-refractivity contribution is 0.0526. The van der Waals surface area contributed by atoms with Crippen LogP contribution < -0.4 is 10.6 Å². The summed E-state index contributed by atoms with van der Waals surface area (Å²) in [5.74, 6) is -2.50. The molecule has 1 heterocycles. The molecule has 8 nitrogen and oxygen atoms in total. The zero-order valence-corrected chi connectivity index (χ0v) is 22.3. The van der Waals surface area contributed by atoms with E-state index in [2.05, 4.69) is 10.6 Å². The monoisotopic (exact) mass is 520 g/mol. The molecule has 0 saturated carbocycles. The highest BCUT2D eigenvalue weighted by atomic mass is 32.1. The number of halogens is 1. The number of ketones is 1. The molecule has 0 bridgehead atoms. The molecule has 0 aliphatic rings. The van der Waals surface area contributed by atoms with Gasteiger partial charge in [-0.3, -0.25) is 9.59 Å². The molecular weight excluding hydrogens is 487 g/mol.